The largest absolute Gasteiger partial charge is 0.492 e. The maximum atomic E-state index is 13.6. The minimum Gasteiger partial charge on any atom is -0.492 e. The van der Waals surface area contributed by atoms with E-state index in [1.807, 2.05) is 13.0 Å². The average molecular weight is 384 g/mol. The summed E-state index contributed by atoms with van der Waals surface area (Å²) in [6.07, 6.45) is 0.159. The lowest BCUT2D eigenvalue weighted by Crippen LogP contribution is -2.14. The van der Waals surface area contributed by atoms with Crippen molar-refractivity contribution < 1.29 is 18.3 Å². The van der Waals surface area contributed by atoms with Gasteiger partial charge in [0.05, 0.1) is 12.3 Å². The van der Waals surface area contributed by atoms with Gasteiger partial charge in [0, 0.05) is 10.9 Å². The maximum Gasteiger partial charge on any atom is 0.224 e. The maximum absolute atomic E-state index is 13.6. The molecule has 6 heteroatoms. The van der Waals surface area contributed by atoms with Gasteiger partial charge in [-0.1, -0.05) is 28.1 Å². The lowest BCUT2D eigenvalue weighted by atomic mass is 10.1. The van der Waals surface area contributed by atoms with Gasteiger partial charge in [-0.05, 0) is 43.2 Å². The number of benzene rings is 2. The Balaban J connectivity index is 2.02. The zero-order chi connectivity index (χ0) is 16.8. The molecule has 23 heavy (non-hydrogen) atoms. The molecular formula is C17H16BrF2NO2. The van der Waals surface area contributed by atoms with Gasteiger partial charge in [0.2, 0.25) is 5.91 Å². The molecule has 2 aromatic rings. The number of hydrogen-bond donors (Lipinski definition) is 1. The van der Waals surface area contributed by atoms with Gasteiger partial charge in [-0.2, -0.15) is 0 Å². The van der Waals surface area contributed by atoms with Crippen molar-refractivity contribution in [3.63, 3.8) is 0 Å². The molecule has 0 fully saturated rings. The third-order valence-corrected chi connectivity index (χ3v) is 3.66. The minimum absolute atomic E-state index is 0.0401. The van der Waals surface area contributed by atoms with E-state index >= 15 is 0 Å². The molecular weight excluding hydrogens is 368 g/mol. The Morgan fingerprint density at radius 2 is 2.04 bits per heavy atom. The molecule has 122 valence electrons. The predicted molar refractivity (Wildman–Crippen MR) is 88.6 cm³/mol. The summed E-state index contributed by atoms with van der Waals surface area (Å²) in [5.41, 5.74) is 0.713. The van der Waals surface area contributed by atoms with E-state index in [-0.39, 0.29) is 24.3 Å². The Kier molecular flexibility index (Phi) is 6.10. The van der Waals surface area contributed by atoms with Crippen LogP contribution in [-0.4, -0.2) is 12.5 Å². The SMILES string of the molecule is CCOc1ccc(Br)cc1NC(=O)CCc1cccc(F)c1F. The number of rotatable bonds is 6. The monoisotopic (exact) mass is 383 g/mol. The highest BCUT2D eigenvalue weighted by Gasteiger charge is 2.12. The van der Waals surface area contributed by atoms with Crippen LogP contribution >= 0.6 is 15.9 Å². The molecule has 0 atom stereocenters. The van der Waals surface area contributed by atoms with Gasteiger partial charge >= 0.3 is 0 Å². The van der Waals surface area contributed by atoms with E-state index in [2.05, 4.69) is 21.2 Å². The van der Waals surface area contributed by atoms with Crippen LogP contribution in [0.1, 0.15) is 18.9 Å². The molecule has 0 unspecified atom stereocenters. The van der Waals surface area contributed by atoms with Crippen molar-refractivity contribution in [2.75, 3.05) is 11.9 Å². The first-order valence-corrected chi connectivity index (χ1v) is 7.95. The van der Waals surface area contributed by atoms with Gasteiger partial charge in [0.1, 0.15) is 5.75 Å². The van der Waals surface area contributed by atoms with Gasteiger partial charge in [-0.3, -0.25) is 4.79 Å². The van der Waals surface area contributed by atoms with Crippen LogP contribution in [0.5, 0.6) is 5.75 Å². The van der Waals surface area contributed by atoms with Crippen molar-refractivity contribution >= 4 is 27.5 Å². The molecule has 0 radical (unpaired) electrons. The number of hydrogen-bond acceptors (Lipinski definition) is 2. The van der Waals surface area contributed by atoms with Crippen LogP contribution in [0.25, 0.3) is 0 Å². The first-order chi connectivity index (χ1) is 11.0. The fraction of sp³-hybridized carbons (Fsp3) is 0.235. The fourth-order valence-corrected chi connectivity index (χ4v) is 2.44. The fourth-order valence-electron chi connectivity index (χ4n) is 2.08. The average Bonchev–Trinajstić information content (AvgIpc) is 2.51. The first-order valence-electron chi connectivity index (χ1n) is 7.16. The summed E-state index contributed by atoms with van der Waals surface area (Å²) in [5.74, 6) is -1.56. The normalized spacial score (nSPS) is 10.4. The van der Waals surface area contributed by atoms with Gasteiger partial charge in [-0.15, -0.1) is 0 Å². The number of halogens is 3. The smallest absolute Gasteiger partial charge is 0.224 e. The molecule has 0 saturated carbocycles. The molecule has 0 aliphatic carbocycles. The van der Waals surface area contributed by atoms with Crippen LogP contribution in [0.15, 0.2) is 40.9 Å². The third-order valence-electron chi connectivity index (χ3n) is 3.17. The molecule has 3 nitrogen and oxygen atoms in total. The predicted octanol–water partition coefficient (Wildman–Crippen LogP) is 4.70. The molecule has 0 bridgehead atoms. The van der Waals surface area contributed by atoms with E-state index in [1.54, 1.807) is 12.1 Å². The Morgan fingerprint density at radius 3 is 2.78 bits per heavy atom. The second kappa shape index (κ2) is 8.06. The van der Waals surface area contributed by atoms with Gasteiger partial charge in [0.15, 0.2) is 11.6 Å². The molecule has 0 spiro atoms. The number of ether oxygens (including phenoxy) is 1. The van der Waals surface area contributed by atoms with Gasteiger partial charge in [0.25, 0.3) is 0 Å². The van der Waals surface area contributed by atoms with Crippen molar-refractivity contribution in [1.82, 2.24) is 0 Å². The second-order valence-electron chi connectivity index (χ2n) is 4.83. The number of amides is 1. The molecule has 0 heterocycles. The number of carbonyl (C=O) groups excluding carboxylic acids is 1. The summed E-state index contributed by atoms with van der Waals surface area (Å²) in [7, 11) is 0. The van der Waals surface area contributed by atoms with Crippen LogP contribution in [0.4, 0.5) is 14.5 Å². The van der Waals surface area contributed by atoms with E-state index in [0.717, 1.165) is 10.5 Å². The molecule has 2 rings (SSSR count). The van der Waals surface area contributed by atoms with Crippen LogP contribution in [0.2, 0.25) is 0 Å². The quantitative estimate of drug-likeness (QED) is 0.784. The Hall–Kier alpha value is -1.95. The van der Waals surface area contributed by atoms with E-state index in [9.17, 15) is 13.6 Å². The van der Waals surface area contributed by atoms with Crippen LogP contribution in [0, 0.1) is 11.6 Å². The number of aryl methyl sites for hydroxylation is 1. The van der Waals surface area contributed by atoms with Crippen molar-refractivity contribution in [3.8, 4) is 5.75 Å². The summed E-state index contributed by atoms with van der Waals surface area (Å²) in [6.45, 7) is 2.32. The summed E-state index contributed by atoms with van der Waals surface area (Å²) < 4.78 is 32.9. The lowest BCUT2D eigenvalue weighted by Gasteiger charge is -2.12. The molecule has 0 aliphatic heterocycles. The van der Waals surface area contributed by atoms with Crippen LogP contribution in [0.3, 0.4) is 0 Å². The number of carbonyl (C=O) groups is 1. The van der Waals surface area contributed by atoms with Crippen LogP contribution < -0.4 is 10.1 Å². The molecule has 1 N–H and O–H groups in total. The van der Waals surface area contributed by atoms with Gasteiger partial charge < -0.3 is 10.1 Å². The van der Waals surface area contributed by atoms with Crippen molar-refractivity contribution in [2.45, 2.75) is 19.8 Å². The van der Waals surface area contributed by atoms with E-state index in [4.69, 9.17) is 4.74 Å². The molecule has 1 amide bonds. The highest BCUT2D eigenvalue weighted by atomic mass is 79.9. The Bertz CT molecular complexity index is 707. The summed E-state index contributed by atoms with van der Waals surface area (Å²) >= 11 is 3.33. The van der Waals surface area contributed by atoms with Crippen LogP contribution in [-0.2, 0) is 11.2 Å². The van der Waals surface area contributed by atoms with Crippen molar-refractivity contribution in [3.05, 3.63) is 58.1 Å². The van der Waals surface area contributed by atoms with E-state index in [0.29, 0.717) is 18.0 Å². The standard InChI is InChI=1S/C17H16BrF2NO2/c1-2-23-15-8-7-12(18)10-14(15)21-16(22)9-6-11-4-3-5-13(19)17(11)20/h3-5,7-8,10H,2,6,9H2,1H3,(H,21,22). The molecule has 0 aliphatic rings. The Labute approximate surface area is 141 Å². The van der Waals surface area contributed by atoms with Crippen molar-refractivity contribution in [2.24, 2.45) is 0 Å². The minimum atomic E-state index is -0.909. The van der Waals surface area contributed by atoms with Crippen molar-refractivity contribution in [1.29, 1.82) is 0 Å². The van der Waals surface area contributed by atoms with E-state index < -0.39 is 11.6 Å². The third kappa shape index (κ3) is 4.76. The molecule has 0 saturated heterocycles. The first kappa shape index (κ1) is 17.4. The second-order valence-corrected chi connectivity index (χ2v) is 5.75. The molecule has 0 aromatic heterocycles. The topological polar surface area (TPSA) is 38.3 Å². The van der Waals surface area contributed by atoms with E-state index in [1.165, 1.54) is 12.1 Å². The summed E-state index contributed by atoms with van der Waals surface area (Å²) in [5, 5.41) is 2.73. The Morgan fingerprint density at radius 1 is 1.26 bits per heavy atom. The zero-order valence-electron chi connectivity index (χ0n) is 12.5. The summed E-state index contributed by atoms with van der Waals surface area (Å²) in [6, 6.07) is 9.22. The zero-order valence-corrected chi connectivity index (χ0v) is 14.1. The highest BCUT2D eigenvalue weighted by molar-refractivity contribution is 9.10. The number of nitrogens with one attached hydrogen (secondary N) is 1. The summed E-state index contributed by atoms with van der Waals surface area (Å²) in [4.78, 5) is 12.1. The highest BCUT2D eigenvalue weighted by Crippen LogP contribution is 2.28. The molecule has 2 aromatic carbocycles. The number of anilines is 1. The van der Waals surface area contributed by atoms with Gasteiger partial charge in [-0.25, -0.2) is 8.78 Å². The lowest BCUT2D eigenvalue weighted by molar-refractivity contribution is -0.116.